The van der Waals surface area contributed by atoms with Crippen LogP contribution in [0.15, 0.2) is 47.5 Å². The number of carbonyl (C=O) groups is 2. The van der Waals surface area contributed by atoms with Gasteiger partial charge >= 0.3 is 0 Å². The Balaban J connectivity index is 1.45. The molecule has 0 saturated carbocycles. The normalized spacial score (nSPS) is 17.6. The molecule has 0 aromatic heterocycles. The summed E-state index contributed by atoms with van der Waals surface area (Å²) in [5, 5.41) is 8.41. The van der Waals surface area contributed by atoms with Crippen molar-refractivity contribution >= 4 is 29.1 Å². The van der Waals surface area contributed by atoms with Crippen LogP contribution in [0, 0.1) is 0 Å². The summed E-state index contributed by atoms with van der Waals surface area (Å²) in [7, 11) is 1.58. The fourth-order valence-electron chi connectivity index (χ4n) is 2.97. The van der Waals surface area contributed by atoms with Crippen molar-refractivity contribution in [1.82, 2.24) is 5.32 Å². The maximum absolute atomic E-state index is 12.6. The topological polar surface area (TPSA) is 110 Å². The molecule has 0 aliphatic carbocycles. The SMILES string of the molecule is COc1ccc(NC2=N[C@H](C(=O)Nc3ccc4c(c3)OCCO4)CC(=O)N2)cc1. The number of nitrogens with one attached hydrogen (secondary N) is 3. The van der Waals surface area contributed by atoms with Crippen LogP contribution in [-0.2, 0) is 9.59 Å². The van der Waals surface area contributed by atoms with Gasteiger partial charge in [0.15, 0.2) is 11.5 Å². The van der Waals surface area contributed by atoms with Crippen molar-refractivity contribution in [1.29, 1.82) is 0 Å². The van der Waals surface area contributed by atoms with E-state index in [4.69, 9.17) is 14.2 Å². The molecule has 2 heterocycles. The van der Waals surface area contributed by atoms with Gasteiger partial charge in [-0.1, -0.05) is 0 Å². The second-order valence-electron chi connectivity index (χ2n) is 6.45. The van der Waals surface area contributed by atoms with Crippen LogP contribution in [0.4, 0.5) is 11.4 Å². The Labute approximate surface area is 167 Å². The molecule has 0 spiro atoms. The van der Waals surface area contributed by atoms with E-state index in [-0.39, 0.29) is 24.2 Å². The molecule has 9 heteroatoms. The van der Waals surface area contributed by atoms with E-state index in [0.29, 0.717) is 41.8 Å². The number of benzene rings is 2. The Bertz CT molecular complexity index is 958. The lowest BCUT2D eigenvalue weighted by atomic mass is 10.1. The van der Waals surface area contributed by atoms with Gasteiger partial charge < -0.3 is 24.8 Å². The first-order valence-electron chi connectivity index (χ1n) is 9.10. The van der Waals surface area contributed by atoms with Crippen LogP contribution < -0.4 is 30.2 Å². The molecule has 2 aliphatic heterocycles. The molecule has 2 aromatic rings. The zero-order valence-corrected chi connectivity index (χ0v) is 15.7. The third-order valence-corrected chi connectivity index (χ3v) is 4.39. The molecular weight excluding hydrogens is 376 g/mol. The van der Waals surface area contributed by atoms with Crippen LogP contribution in [0.1, 0.15) is 6.42 Å². The number of ether oxygens (including phenoxy) is 3. The molecule has 0 radical (unpaired) electrons. The van der Waals surface area contributed by atoms with Crippen molar-refractivity contribution in [3.8, 4) is 17.2 Å². The average molecular weight is 396 g/mol. The fraction of sp³-hybridized carbons (Fsp3) is 0.250. The van der Waals surface area contributed by atoms with Crippen molar-refractivity contribution in [2.75, 3.05) is 31.0 Å². The number of nitrogens with zero attached hydrogens (tertiary/aromatic N) is 1. The summed E-state index contributed by atoms with van der Waals surface area (Å²) in [4.78, 5) is 29.0. The van der Waals surface area contributed by atoms with Crippen molar-refractivity contribution < 1.29 is 23.8 Å². The fourth-order valence-corrected chi connectivity index (χ4v) is 2.97. The molecule has 4 rings (SSSR count). The highest BCUT2D eigenvalue weighted by Crippen LogP contribution is 2.32. The summed E-state index contributed by atoms with van der Waals surface area (Å²) in [6.07, 6.45) is -0.0375. The van der Waals surface area contributed by atoms with Gasteiger partial charge in [-0.15, -0.1) is 0 Å². The Morgan fingerprint density at radius 3 is 2.59 bits per heavy atom. The van der Waals surface area contributed by atoms with Crippen LogP contribution in [-0.4, -0.2) is 44.1 Å². The molecule has 29 heavy (non-hydrogen) atoms. The monoisotopic (exact) mass is 396 g/mol. The zero-order valence-electron chi connectivity index (χ0n) is 15.7. The largest absolute Gasteiger partial charge is 0.497 e. The van der Waals surface area contributed by atoms with E-state index in [1.807, 2.05) is 0 Å². The lowest BCUT2D eigenvalue weighted by molar-refractivity contribution is -0.124. The minimum Gasteiger partial charge on any atom is -0.497 e. The van der Waals surface area contributed by atoms with Crippen molar-refractivity contribution in [2.45, 2.75) is 12.5 Å². The summed E-state index contributed by atoms with van der Waals surface area (Å²) < 4.78 is 16.1. The number of amides is 2. The van der Waals surface area contributed by atoms with Crippen LogP contribution in [0.5, 0.6) is 17.2 Å². The summed E-state index contributed by atoms with van der Waals surface area (Å²) in [5.74, 6) is 1.45. The summed E-state index contributed by atoms with van der Waals surface area (Å²) >= 11 is 0. The van der Waals surface area contributed by atoms with Crippen molar-refractivity contribution in [3.05, 3.63) is 42.5 Å². The number of hydrogen-bond donors (Lipinski definition) is 3. The van der Waals surface area contributed by atoms with Crippen LogP contribution >= 0.6 is 0 Å². The van der Waals surface area contributed by atoms with Gasteiger partial charge in [0.1, 0.15) is 25.0 Å². The smallest absolute Gasteiger partial charge is 0.249 e. The number of anilines is 2. The van der Waals surface area contributed by atoms with Gasteiger partial charge in [0.25, 0.3) is 0 Å². The number of carbonyl (C=O) groups excluding carboxylic acids is 2. The molecular formula is C20H20N4O5. The van der Waals surface area contributed by atoms with Gasteiger partial charge in [0.05, 0.1) is 13.5 Å². The third kappa shape index (κ3) is 4.40. The number of fused-ring (bicyclic) bond motifs is 1. The van der Waals surface area contributed by atoms with Gasteiger partial charge in [-0.3, -0.25) is 14.9 Å². The van der Waals surface area contributed by atoms with E-state index >= 15 is 0 Å². The summed E-state index contributed by atoms with van der Waals surface area (Å²) in [6.45, 7) is 0.951. The Hall–Kier alpha value is -3.75. The molecule has 9 nitrogen and oxygen atoms in total. The molecule has 1 atom stereocenters. The second kappa shape index (κ2) is 8.09. The van der Waals surface area contributed by atoms with E-state index in [1.165, 1.54) is 0 Å². The molecule has 2 aromatic carbocycles. The predicted molar refractivity (Wildman–Crippen MR) is 107 cm³/mol. The van der Waals surface area contributed by atoms with Crippen LogP contribution in [0.2, 0.25) is 0 Å². The van der Waals surface area contributed by atoms with E-state index in [9.17, 15) is 9.59 Å². The summed E-state index contributed by atoms with van der Waals surface area (Å²) in [6, 6.07) is 11.4. The minimum atomic E-state index is -0.849. The molecule has 2 amide bonds. The highest BCUT2D eigenvalue weighted by atomic mass is 16.6. The number of rotatable bonds is 4. The lowest BCUT2D eigenvalue weighted by Crippen LogP contribution is -2.45. The van der Waals surface area contributed by atoms with Gasteiger partial charge in [-0.2, -0.15) is 0 Å². The first-order valence-corrected chi connectivity index (χ1v) is 9.10. The maximum Gasteiger partial charge on any atom is 0.249 e. The quantitative estimate of drug-likeness (QED) is 0.726. The predicted octanol–water partition coefficient (Wildman–Crippen LogP) is 1.76. The van der Waals surface area contributed by atoms with Gasteiger partial charge in [-0.05, 0) is 36.4 Å². The molecule has 2 aliphatic rings. The van der Waals surface area contributed by atoms with Crippen LogP contribution in [0.3, 0.4) is 0 Å². The number of methoxy groups -OCH3 is 1. The highest BCUT2D eigenvalue weighted by molar-refractivity contribution is 6.10. The maximum atomic E-state index is 12.6. The second-order valence-corrected chi connectivity index (χ2v) is 6.45. The minimum absolute atomic E-state index is 0.0375. The number of aliphatic imine (C=N–C) groups is 1. The average Bonchev–Trinajstić information content (AvgIpc) is 2.74. The standard InChI is InChI=1S/C20H20N4O5/c1-27-14-5-2-12(3-6-14)22-20-23-15(11-18(25)24-20)19(26)21-13-4-7-16-17(10-13)29-9-8-28-16/h2-7,10,15H,8-9,11H2,1H3,(H,21,26)(H2,22,23,24,25)/t15-/m0/s1. The van der Waals surface area contributed by atoms with E-state index in [2.05, 4.69) is 20.9 Å². The Kier molecular flexibility index (Phi) is 5.19. The molecule has 3 N–H and O–H groups in total. The Morgan fingerprint density at radius 2 is 1.83 bits per heavy atom. The van der Waals surface area contributed by atoms with Crippen molar-refractivity contribution in [2.24, 2.45) is 4.99 Å². The van der Waals surface area contributed by atoms with Crippen LogP contribution in [0.25, 0.3) is 0 Å². The first kappa shape index (κ1) is 18.6. The summed E-state index contributed by atoms with van der Waals surface area (Å²) in [5.41, 5.74) is 1.25. The molecule has 0 unspecified atom stereocenters. The van der Waals surface area contributed by atoms with Crippen molar-refractivity contribution in [3.63, 3.8) is 0 Å². The first-order chi connectivity index (χ1) is 14.1. The molecule has 150 valence electrons. The van der Waals surface area contributed by atoms with Gasteiger partial charge in [0.2, 0.25) is 17.8 Å². The zero-order chi connectivity index (χ0) is 20.2. The number of hydrogen-bond acceptors (Lipinski definition) is 7. The Morgan fingerprint density at radius 1 is 1.10 bits per heavy atom. The molecule has 0 fully saturated rings. The third-order valence-electron chi connectivity index (χ3n) is 4.39. The highest BCUT2D eigenvalue weighted by Gasteiger charge is 2.27. The van der Waals surface area contributed by atoms with E-state index in [1.54, 1.807) is 49.6 Å². The lowest BCUT2D eigenvalue weighted by Gasteiger charge is -2.22. The molecule has 0 saturated heterocycles. The molecule has 0 bridgehead atoms. The van der Waals surface area contributed by atoms with Gasteiger partial charge in [0, 0.05) is 17.4 Å². The number of guanidine groups is 1. The van der Waals surface area contributed by atoms with E-state index in [0.717, 1.165) is 0 Å². The van der Waals surface area contributed by atoms with Gasteiger partial charge in [-0.25, -0.2) is 4.99 Å². The van der Waals surface area contributed by atoms with E-state index < -0.39 is 6.04 Å².